The Bertz CT molecular complexity index is 374. The lowest BCUT2D eigenvalue weighted by Gasteiger charge is -2.45. The predicted molar refractivity (Wildman–Crippen MR) is 57.4 cm³/mol. The first-order valence-electron chi connectivity index (χ1n) is 4.71. The summed E-state index contributed by atoms with van der Waals surface area (Å²) in [4.78, 5) is 14.1. The molecular formula is C9H13ClN4O. The van der Waals surface area contributed by atoms with Crippen LogP contribution in [-0.2, 0) is 0 Å². The van der Waals surface area contributed by atoms with E-state index in [0.717, 1.165) is 13.1 Å². The second-order valence-electron chi connectivity index (χ2n) is 4.41. The minimum atomic E-state index is 0.168. The average Bonchev–Trinajstić information content (AvgIpc) is 2.13. The van der Waals surface area contributed by atoms with E-state index < -0.39 is 0 Å². The van der Waals surface area contributed by atoms with Crippen LogP contribution < -0.4 is 9.64 Å². The number of ether oxygens (including phenoxy) is 1. The van der Waals surface area contributed by atoms with Crippen LogP contribution >= 0.6 is 11.6 Å². The molecule has 0 N–H and O–H groups in total. The van der Waals surface area contributed by atoms with E-state index in [2.05, 4.69) is 33.7 Å². The van der Waals surface area contributed by atoms with Crippen LogP contribution in [0.3, 0.4) is 0 Å². The molecule has 2 heterocycles. The predicted octanol–water partition coefficient (Wildman–Crippen LogP) is 1.38. The van der Waals surface area contributed by atoms with E-state index in [4.69, 9.17) is 16.3 Å². The van der Waals surface area contributed by atoms with Crippen LogP contribution in [0, 0.1) is 5.41 Å². The van der Waals surface area contributed by atoms with Crippen LogP contribution in [-0.4, -0.2) is 35.2 Å². The monoisotopic (exact) mass is 228 g/mol. The van der Waals surface area contributed by atoms with E-state index in [-0.39, 0.29) is 11.3 Å². The molecule has 0 bridgehead atoms. The van der Waals surface area contributed by atoms with Crippen LogP contribution in [0.25, 0.3) is 0 Å². The summed E-state index contributed by atoms with van der Waals surface area (Å²) < 4.78 is 4.93. The topological polar surface area (TPSA) is 51.1 Å². The molecule has 1 aromatic rings. The summed E-state index contributed by atoms with van der Waals surface area (Å²) in [7, 11) is 1.51. The number of rotatable bonds is 2. The lowest BCUT2D eigenvalue weighted by atomic mass is 9.85. The van der Waals surface area contributed by atoms with Gasteiger partial charge in [-0.15, -0.1) is 0 Å². The molecule has 6 heteroatoms. The van der Waals surface area contributed by atoms with Crippen molar-refractivity contribution < 1.29 is 4.74 Å². The van der Waals surface area contributed by atoms with Gasteiger partial charge in [-0.3, -0.25) is 0 Å². The third-order valence-corrected chi connectivity index (χ3v) is 2.45. The molecule has 0 amide bonds. The Balaban J connectivity index is 2.19. The Morgan fingerprint density at radius 1 is 1.27 bits per heavy atom. The van der Waals surface area contributed by atoms with Crippen molar-refractivity contribution in [3.8, 4) is 6.01 Å². The van der Waals surface area contributed by atoms with Crippen molar-refractivity contribution in [2.45, 2.75) is 13.8 Å². The molecule has 82 valence electrons. The second kappa shape index (κ2) is 3.48. The van der Waals surface area contributed by atoms with Crippen LogP contribution in [0.4, 0.5) is 5.95 Å². The Hall–Kier alpha value is -1.10. The molecule has 5 nitrogen and oxygen atoms in total. The quantitative estimate of drug-likeness (QED) is 0.766. The molecule has 2 rings (SSSR count). The van der Waals surface area contributed by atoms with Crippen molar-refractivity contribution in [1.29, 1.82) is 0 Å². The molecule has 1 saturated heterocycles. The van der Waals surface area contributed by atoms with Gasteiger partial charge in [0, 0.05) is 13.1 Å². The molecule has 0 aromatic carbocycles. The molecule has 0 saturated carbocycles. The molecule has 1 aromatic heterocycles. The molecular weight excluding hydrogens is 216 g/mol. The Kier molecular flexibility index (Phi) is 2.42. The molecule has 15 heavy (non-hydrogen) atoms. The summed E-state index contributed by atoms with van der Waals surface area (Å²) in [6, 6.07) is 0.259. The van der Waals surface area contributed by atoms with Gasteiger partial charge in [0.05, 0.1) is 7.11 Å². The van der Waals surface area contributed by atoms with Gasteiger partial charge in [-0.25, -0.2) is 0 Å². The highest BCUT2D eigenvalue weighted by atomic mass is 35.5. The van der Waals surface area contributed by atoms with Gasteiger partial charge in [0.25, 0.3) is 0 Å². The average molecular weight is 229 g/mol. The minimum Gasteiger partial charge on any atom is -0.467 e. The number of hydrogen-bond donors (Lipinski definition) is 0. The maximum absolute atomic E-state index is 5.76. The van der Waals surface area contributed by atoms with E-state index in [1.165, 1.54) is 7.11 Å². The standard InChI is InChI=1S/C9H13ClN4O/c1-9(2)4-14(5-9)7-11-6(10)12-8(13-7)15-3/h4-5H2,1-3H3. The molecule has 0 radical (unpaired) electrons. The van der Waals surface area contributed by atoms with Gasteiger partial charge in [0.1, 0.15) is 0 Å². The summed E-state index contributed by atoms with van der Waals surface area (Å²) in [6.07, 6.45) is 0. The lowest BCUT2D eigenvalue weighted by molar-refractivity contribution is 0.270. The van der Waals surface area contributed by atoms with Crippen LogP contribution in [0.5, 0.6) is 6.01 Å². The van der Waals surface area contributed by atoms with Gasteiger partial charge in [-0.05, 0) is 17.0 Å². The second-order valence-corrected chi connectivity index (χ2v) is 4.75. The molecule has 0 spiro atoms. The maximum Gasteiger partial charge on any atom is 0.322 e. The largest absolute Gasteiger partial charge is 0.467 e. The molecule has 1 aliphatic rings. The fraction of sp³-hybridized carbons (Fsp3) is 0.667. The number of anilines is 1. The highest BCUT2D eigenvalue weighted by Crippen LogP contribution is 2.32. The summed E-state index contributed by atoms with van der Waals surface area (Å²) in [5, 5.41) is 0.168. The maximum atomic E-state index is 5.76. The van der Waals surface area contributed by atoms with E-state index in [9.17, 15) is 0 Å². The SMILES string of the molecule is COc1nc(Cl)nc(N2CC(C)(C)C2)n1. The Labute approximate surface area is 93.5 Å². The zero-order valence-electron chi connectivity index (χ0n) is 8.99. The van der Waals surface area contributed by atoms with Crippen molar-refractivity contribution in [1.82, 2.24) is 15.0 Å². The highest BCUT2D eigenvalue weighted by Gasteiger charge is 2.36. The van der Waals surface area contributed by atoms with Crippen molar-refractivity contribution in [2.75, 3.05) is 25.1 Å². The van der Waals surface area contributed by atoms with Crippen LogP contribution in [0.2, 0.25) is 5.28 Å². The van der Waals surface area contributed by atoms with Gasteiger partial charge in [-0.2, -0.15) is 15.0 Å². The first-order chi connectivity index (χ1) is 7.00. The molecule has 0 atom stereocenters. The van der Waals surface area contributed by atoms with Gasteiger partial charge < -0.3 is 9.64 Å². The zero-order chi connectivity index (χ0) is 11.1. The lowest BCUT2D eigenvalue weighted by Crippen LogP contribution is -2.53. The van der Waals surface area contributed by atoms with E-state index in [1.807, 2.05) is 0 Å². The zero-order valence-corrected chi connectivity index (χ0v) is 9.75. The summed E-state index contributed by atoms with van der Waals surface area (Å²) in [5.41, 5.74) is 0.326. The minimum absolute atomic E-state index is 0.168. The smallest absolute Gasteiger partial charge is 0.322 e. The van der Waals surface area contributed by atoms with E-state index >= 15 is 0 Å². The number of halogens is 1. The van der Waals surface area contributed by atoms with E-state index in [1.54, 1.807) is 0 Å². The van der Waals surface area contributed by atoms with Gasteiger partial charge >= 0.3 is 6.01 Å². The number of aromatic nitrogens is 3. The summed E-state index contributed by atoms with van der Waals surface area (Å²) in [5.74, 6) is 0.589. The molecule has 0 unspecified atom stereocenters. The van der Waals surface area contributed by atoms with Crippen molar-refractivity contribution >= 4 is 17.5 Å². The molecule has 0 aliphatic carbocycles. The van der Waals surface area contributed by atoms with Crippen molar-refractivity contribution in [3.05, 3.63) is 5.28 Å². The summed E-state index contributed by atoms with van der Waals surface area (Å²) >= 11 is 5.76. The van der Waals surface area contributed by atoms with Gasteiger partial charge in [0.15, 0.2) is 0 Å². The summed E-state index contributed by atoms with van der Waals surface area (Å²) in [6.45, 7) is 6.25. The Morgan fingerprint density at radius 3 is 2.47 bits per heavy atom. The number of nitrogens with zero attached hydrogens (tertiary/aromatic N) is 4. The van der Waals surface area contributed by atoms with Crippen LogP contribution in [0.1, 0.15) is 13.8 Å². The van der Waals surface area contributed by atoms with Gasteiger partial charge in [-0.1, -0.05) is 13.8 Å². The van der Waals surface area contributed by atoms with Gasteiger partial charge in [0.2, 0.25) is 11.2 Å². The highest BCUT2D eigenvalue weighted by molar-refractivity contribution is 6.28. The third kappa shape index (κ3) is 2.12. The first-order valence-corrected chi connectivity index (χ1v) is 5.08. The van der Waals surface area contributed by atoms with E-state index in [0.29, 0.717) is 11.4 Å². The fourth-order valence-corrected chi connectivity index (χ4v) is 1.83. The van der Waals surface area contributed by atoms with Crippen molar-refractivity contribution in [2.24, 2.45) is 5.41 Å². The third-order valence-electron chi connectivity index (χ3n) is 2.28. The Morgan fingerprint density at radius 2 is 1.93 bits per heavy atom. The molecule has 1 fully saturated rings. The number of hydrogen-bond acceptors (Lipinski definition) is 5. The van der Waals surface area contributed by atoms with Crippen molar-refractivity contribution in [3.63, 3.8) is 0 Å². The normalized spacial score (nSPS) is 18.5. The molecule has 1 aliphatic heterocycles. The first kappa shape index (κ1) is 10.4. The fourth-order valence-electron chi connectivity index (χ4n) is 1.68. The number of methoxy groups -OCH3 is 1. The van der Waals surface area contributed by atoms with Crippen LogP contribution in [0.15, 0.2) is 0 Å².